The molecule has 1 amide bonds. The van der Waals surface area contributed by atoms with Gasteiger partial charge < -0.3 is 9.73 Å². The first-order valence-corrected chi connectivity index (χ1v) is 9.54. The Kier molecular flexibility index (Phi) is 4.42. The molecule has 0 aliphatic heterocycles. The van der Waals surface area contributed by atoms with Gasteiger partial charge in [-0.3, -0.25) is 4.79 Å². The molecule has 6 heteroatoms. The zero-order valence-electron chi connectivity index (χ0n) is 15.4. The minimum Gasteiger partial charge on any atom is -0.427 e. The first-order valence-electron chi connectivity index (χ1n) is 9.54. The number of aryl methyl sites for hydroxylation is 2. The van der Waals surface area contributed by atoms with Gasteiger partial charge in [0.25, 0.3) is 5.91 Å². The van der Waals surface area contributed by atoms with E-state index >= 15 is 0 Å². The molecule has 138 valence electrons. The van der Waals surface area contributed by atoms with Crippen LogP contribution in [0.2, 0.25) is 0 Å². The molecule has 2 heterocycles. The molecule has 0 spiro atoms. The molecule has 26 heavy (non-hydrogen) atoms. The summed E-state index contributed by atoms with van der Waals surface area (Å²) in [5, 5.41) is 7.36. The maximum Gasteiger partial charge on any atom is 0.349 e. The molecule has 2 aromatic rings. The predicted octanol–water partition coefficient (Wildman–Crippen LogP) is 4.09. The van der Waals surface area contributed by atoms with E-state index in [1.807, 2.05) is 17.7 Å². The van der Waals surface area contributed by atoms with Crippen LogP contribution in [0.1, 0.15) is 84.2 Å². The molecule has 0 aromatic carbocycles. The maximum atomic E-state index is 12.8. The maximum absolute atomic E-state index is 12.8. The van der Waals surface area contributed by atoms with Crippen molar-refractivity contribution >= 4 is 11.7 Å². The van der Waals surface area contributed by atoms with Crippen molar-refractivity contribution in [3.63, 3.8) is 0 Å². The van der Waals surface area contributed by atoms with Crippen LogP contribution in [0, 0.1) is 13.8 Å². The molecule has 6 nitrogen and oxygen atoms in total. The standard InChI is InChI=1S/C20H25N3O3/c1-12-10-16(14-6-5-7-14)26-20(25)17(12)19(24)22-18-13(2)11-21-23(18)15-8-3-4-9-15/h10-11,14-15H,3-9H2,1-2H3,(H,22,24). The van der Waals surface area contributed by atoms with Crippen molar-refractivity contribution in [1.29, 1.82) is 0 Å². The Morgan fingerprint density at radius 3 is 2.50 bits per heavy atom. The molecule has 2 aromatic heterocycles. The SMILES string of the molecule is Cc1cc(C2CCC2)oc(=O)c1C(=O)Nc1c(C)cnn1C1CCCC1. The van der Waals surface area contributed by atoms with Crippen molar-refractivity contribution in [2.45, 2.75) is 70.8 Å². The average molecular weight is 355 g/mol. The van der Waals surface area contributed by atoms with E-state index in [9.17, 15) is 9.59 Å². The highest BCUT2D eigenvalue weighted by atomic mass is 16.4. The van der Waals surface area contributed by atoms with E-state index in [0.29, 0.717) is 29.1 Å². The lowest BCUT2D eigenvalue weighted by molar-refractivity contribution is 0.102. The van der Waals surface area contributed by atoms with Gasteiger partial charge in [0.05, 0.1) is 12.2 Å². The van der Waals surface area contributed by atoms with Gasteiger partial charge in [-0.2, -0.15) is 5.10 Å². The van der Waals surface area contributed by atoms with Crippen LogP contribution in [0.25, 0.3) is 0 Å². The third-order valence-electron chi connectivity index (χ3n) is 5.78. The molecule has 4 rings (SSSR count). The fourth-order valence-electron chi connectivity index (χ4n) is 4.00. The summed E-state index contributed by atoms with van der Waals surface area (Å²) in [5.41, 5.74) is 1.12. The number of hydrogen-bond acceptors (Lipinski definition) is 4. The highest BCUT2D eigenvalue weighted by Crippen LogP contribution is 2.36. The molecular formula is C20H25N3O3. The second-order valence-corrected chi connectivity index (χ2v) is 7.64. The largest absolute Gasteiger partial charge is 0.427 e. The second kappa shape index (κ2) is 6.74. The van der Waals surface area contributed by atoms with Crippen molar-refractivity contribution in [3.8, 4) is 0 Å². The summed E-state index contributed by atoms with van der Waals surface area (Å²) in [6.45, 7) is 3.72. The van der Waals surface area contributed by atoms with Gasteiger partial charge in [-0.05, 0) is 51.2 Å². The van der Waals surface area contributed by atoms with Crippen LogP contribution in [0.4, 0.5) is 5.82 Å². The molecule has 1 N–H and O–H groups in total. The Morgan fingerprint density at radius 1 is 1.15 bits per heavy atom. The lowest BCUT2D eigenvalue weighted by Crippen LogP contribution is -2.26. The summed E-state index contributed by atoms with van der Waals surface area (Å²) >= 11 is 0. The Hall–Kier alpha value is -2.37. The lowest BCUT2D eigenvalue weighted by Gasteiger charge is -2.24. The van der Waals surface area contributed by atoms with Crippen molar-refractivity contribution in [2.75, 3.05) is 5.32 Å². The van der Waals surface area contributed by atoms with Crippen molar-refractivity contribution in [1.82, 2.24) is 9.78 Å². The van der Waals surface area contributed by atoms with Crippen LogP contribution >= 0.6 is 0 Å². The number of rotatable bonds is 4. The molecule has 0 radical (unpaired) electrons. The van der Waals surface area contributed by atoms with E-state index in [0.717, 1.165) is 31.2 Å². The van der Waals surface area contributed by atoms with Crippen molar-refractivity contribution < 1.29 is 9.21 Å². The van der Waals surface area contributed by atoms with Crippen LogP contribution in [0.3, 0.4) is 0 Å². The molecule has 0 atom stereocenters. The Labute approximate surface area is 152 Å². The summed E-state index contributed by atoms with van der Waals surface area (Å²) in [7, 11) is 0. The minimum atomic E-state index is -0.547. The molecule has 0 unspecified atom stereocenters. The van der Waals surface area contributed by atoms with Gasteiger partial charge >= 0.3 is 5.63 Å². The Morgan fingerprint density at radius 2 is 1.88 bits per heavy atom. The van der Waals surface area contributed by atoms with E-state index in [1.165, 1.54) is 19.3 Å². The molecule has 2 fully saturated rings. The highest BCUT2D eigenvalue weighted by molar-refractivity contribution is 6.04. The topological polar surface area (TPSA) is 77.1 Å². The molecule has 2 aliphatic rings. The predicted molar refractivity (Wildman–Crippen MR) is 98.7 cm³/mol. The van der Waals surface area contributed by atoms with Gasteiger partial charge in [0.2, 0.25) is 0 Å². The third-order valence-corrected chi connectivity index (χ3v) is 5.78. The quantitative estimate of drug-likeness (QED) is 0.896. The fourth-order valence-corrected chi connectivity index (χ4v) is 4.00. The number of nitrogens with one attached hydrogen (secondary N) is 1. The Bertz CT molecular complexity index is 886. The van der Waals surface area contributed by atoms with Crippen LogP contribution in [-0.2, 0) is 0 Å². The first-order chi connectivity index (χ1) is 12.5. The van der Waals surface area contributed by atoms with Gasteiger partial charge in [0.15, 0.2) is 0 Å². The zero-order chi connectivity index (χ0) is 18.3. The fraction of sp³-hybridized carbons (Fsp3) is 0.550. The van der Waals surface area contributed by atoms with E-state index in [2.05, 4.69) is 10.4 Å². The minimum absolute atomic E-state index is 0.0895. The number of carbonyl (C=O) groups excluding carboxylic acids is 1. The number of carbonyl (C=O) groups is 1. The van der Waals surface area contributed by atoms with Gasteiger partial charge in [-0.1, -0.05) is 19.3 Å². The van der Waals surface area contributed by atoms with Crippen molar-refractivity contribution in [2.24, 2.45) is 0 Å². The van der Waals surface area contributed by atoms with Gasteiger partial charge in [0, 0.05) is 11.5 Å². The van der Waals surface area contributed by atoms with Gasteiger partial charge in [-0.25, -0.2) is 9.48 Å². The number of aromatic nitrogens is 2. The van der Waals surface area contributed by atoms with Gasteiger partial charge in [0.1, 0.15) is 17.1 Å². The molecule has 2 aliphatic carbocycles. The van der Waals surface area contributed by atoms with Crippen LogP contribution in [0.5, 0.6) is 0 Å². The average Bonchev–Trinajstić information content (AvgIpc) is 3.16. The van der Waals surface area contributed by atoms with Crippen LogP contribution in [-0.4, -0.2) is 15.7 Å². The summed E-state index contributed by atoms with van der Waals surface area (Å²) in [6.07, 6.45) is 9.54. The number of nitrogens with zero attached hydrogens (tertiary/aromatic N) is 2. The van der Waals surface area contributed by atoms with E-state index in [4.69, 9.17) is 4.42 Å². The molecule has 0 saturated heterocycles. The number of anilines is 1. The molecule has 2 saturated carbocycles. The summed E-state index contributed by atoms with van der Waals surface area (Å²) in [6, 6.07) is 2.17. The third kappa shape index (κ3) is 2.97. The molecular weight excluding hydrogens is 330 g/mol. The summed E-state index contributed by atoms with van der Waals surface area (Å²) in [5.74, 6) is 1.30. The van der Waals surface area contributed by atoms with E-state index < -0.39 is 11.5 Å². The summed E-state index contributed by atoms with van der Waals surface area (Å²) in [4.78, 5) is 25.3. The molecule has 0 bridgehead atoms. The zero-order valence-corrected chi connectivity index (χ0v) is 15.4. The van der Waals surface area contributed by atoms with E-state index in [-0.39, 0.29) is 5.56 Å². The summed E-state index contributed by atoms with van der Waals surface area (Å²) < 4.78 is 7.36. The van der Waals surface area contributed by atoms with Crippen LogP contribution < -0.4 is 10.9 Å². The normalized spacial score (nSPS) is 18.1. The second-order valence-electron chi connectivity index (χ2n) is 7.64. The van der Waals surface area contributed by atoms with Crippen molar-refractivity contribution in [3.05, 3.63) is 45.1 Å². The Balaban J connectivity index is 1.61. The lowest BCUT2D eigenvalue weighted by atomic mass is 9.83. The monoisotopic (exact) mass is 355 g/mol. The number of amides is 1. The van der Waals surface area contributed by atoms with Crippen LogP contribution in [0.15, 0.2) is 21.5 Å². The number of hydrogen-bond donors (Lipinski definition) is 1. The first kappa shape index (κ1) is 17.1. The van der Waals surface area contributed by atoms with Gasteiger partial charge in [-0.15, -0.1) is 0 Å². The smallest absolute Gasteiger partial charge is 0.349 e. The highest BCUT2D eigenvalue weighted by Gasteiger charge is 2.27. The van der Waals surface area contributed by atoms with E-state index in [1.54, 1.807) is 13.1 Å².